The molecule has 6 nitrogen and oxygen atoms in total. The Labute approximate surface area is 106 Å². The predicted molar refractivity (Wildman–Crippen MR) is 65.4 cm³/mol. The number of nitrogens with zero attached hydrogens (tertiary/aromatic N) is 4. The fourth-order valence-corrected chi connectivity index (χ4v) is 2.14. The molecule has 0 radical (unpaired) electrons. The van der Waals surface area contributed by atoms with Gasteiger partial charge in [0.25, 0.3) is 0 Å². The summed E-state index contributed by atoms with van der Waals surface area (Å²) >= 11 is 3.38. The number of benzene rings is 1. The van der Waals surface area contributed by atoms with E-state index in [1.807, 2.05) is 18.2 Å². The Morgan fingerprint density at radius 1 is 1.47 bits per heavy atom. The zero-order chi connectivity index (χ0) is 12.4. The lowest BCUT2D eigenvalue weighted by atomic mass is 9.97. The minimum atomic E-state index is 0.282. The lowest BCUT2D eigenvalue weighted by Gasteiger charge is -2.26. The summed E-state index contributed by atoms with van der Waals surface area (Å²) in [5, 5.41) is 17.4. The van der Waals surface area contributed by atoms with Gasteiger partial charge in [0.15, 0.2) is 5.82 Å². The van der Waals surface area contributed by atoms with Crippen LogP contribution in [0.3, 0.4) is 0 Å². The predicted octanol–water partition coefficient (Wildman–Crippen LogP) is 1.66. The molecule has 7 heteroatoms. The molecule has 1 aliphatic heterocycles. The van der Waals surface area contributed by atoms with Crippen LogP contribution in [0.2, 0.25) is 0 Å². The fraction of sp³-hybridized carbons (Fsp3) is 0.100. The maximum absolute atomic E-state index is 9.18. The van der Waals surface area contributed by atoms with E-state index in [9.17, 15) is 5.26 Å². The van der Waals surface area contributed by atoms with E-state index in [1.165, 1.54) is 5.01 Å². The van der Waals surface area contributed by atoms with Gasteiger partial charge in [-0.15, -0.1) is 5.11 Å². The second-order valence-corrected chi connectivity index (χ2v) is 4.37. The second kappa shape index (κ2) is 4.53. The number of halogens is 1. The Morgan fingerprint density at radius 2 is 2.24 bits per heavy atom. The Hall–Kier alpha value is -1.91. The summed E-state index contributed by atoms with van der Waals surface area (Å²) in [6.07, 6.45) is 0. The van der Waals surface area contributed by atoms with Gasteiger partial charge in [-0.25, -0.2) is 5.84 Å². The van der Waals surface area contributed by atoms with E-state index in [4.69, 9.17) is 11.7 Å². The summed E-state index contributed by atoms with van der Waals surface area (Å²) < 4.78 is 0.936. The van der Waals surface area contributed by atoms with Crippen molar-refractivity contribution < 1.29 is 0 Å². The summed E-state index contributed by atoms with van der Waals surface area (Å²) in [7, 11) is 0. The number of allylic oxidation sites excluding steroid dienone is 1. The van der Waals surface area contributed by atoms with E-state index in [2.05, 4.69) is 32.3 Å². The lowest BCUT2D eigenvalue weighted by molar-refractivity contribution is 0.340. The molecule has 0 spiro atoms. The summed E-state index contributed by atoms with van der Waals surface area (Å²) in [6.45, 7) is 0.453. The highest BCUT2D eigenvalue weighted by atomic mass is 79.9. The molecular weight excluding hydrogens is 284 g/mol. The van der Waals surface area contributed by atoms with Crippen LogP contribution in [-0.2, 0) is 6.54 Å². The van der Waals surface area contributed by atoms with E-state index >= 15 is 0 Å². The molecular formula is C10H9BrN6. The standard InChI is InChI=1S/C10H9BrN6/c11-7-1-2-8-6(3-7)5-17(14)10(15-16-13)9(8)4-12/h1-3H,5,14H2,(H2,13,15). The van der Waals surface area contributed by atoms with Gasteiger partial charge >= 0.3 is 0 Å². The molecule has 0 bridgehead atoms. The topological polar surface area (TPSA) is 104 Å². The number of nitriles is 1. The van der Waals surface area contributed by atoms with Crippen molar-refractivity contribution in [2.45, 2.75) is 6.54 Å². The summed E-state index contributed by atoms with van der Waals surface area (Å²) in [4.78, 5) is 0. The second-order valence-electron chi connectivity index (χ2n) is 3.46. The molecule has 4 N–H and O–H groups in total. The molecule has 1 aromatic rings. The largest absolute Gasteiger partial charge is 0.305 e. The molecule has 0 amide bonds. The van der Waals surface area contributed by atoms with Gasteiger partial charge in [0, 0.05) is 10.0 Å². The van der Waals surface area contributed by atoms with Crippen LogP contribution < -0.4 is 11.7 Å². The highest BCUT2D eigenvalue weighted by Gasteiger charge is 2.23. The van der Waals surface area contributed by atoms with Gasteiger partial charge in [-0.05, 0) is 17.7 Å². The Bertz CT molecular complexity index is 556. The van der Waals surface area contributed by atoms with Crippen LogP contribution >= 0.6 is 15.9 Å². The van der Waals surface area contributed by atoms with Gasteiger partial charge in [-0.2, -0.15) is 5.26 Å². The molecule has 2 rings (SSSR count). The first-order valence-electron chi connectivity index (χ1n) is 4.73. The van der Waals surface area contributed by atoms with Crippen molar-refractivity contribution >= 4 is 21.5 Å². The van der Waals surface area contributed by atoms with E-state index in [-0.39, 0.29) is 5.82 Å². The highest BCUT2D eigenvalue weighted by Crippen LogP contribution is 2.31. The molecule has 1 aromatic carbocycles. The first-order chi connectivity index (χ1) is 8.17. The molecule has 0 atom stereocenters. The third-order valence-electron chi connectivity index (χ3n) is 2.44. The third kappa shape index (κ3) is 2.00. The SMILES string of the molecule is N#CC1=C(N=NN)N(N)Cc2cc(Br)ccc21. The zero-order valence-electron chi connectivity index (χ0n) is 8.76. The zero-order valence-corrected chi connectivity index (χ0v) is 10.3. The Kier molecular flexibility index (Phi) is 3.08. The Morgan fingerprint density at radius 3 is 2.88 bits per heavy atom. The third-order valence-corrected chi connectivity index (χ3v) is 2.93. The van der Waals surface area contributed by atoms with Crippen molar-refractivity contribution in [2.75, 3.05) is 0 Å². The smallest absolute Gasteiger partial charge is 0.185 e. The van der Waals surface area contributed by atoms with Crippen molar-refractivity contribution in [3.05, 3.63) is 39.6 Å². The van der Waals surface area contributed by atoms with Crippen LogP contribution in [0.4, 0.5) is 0 Å². The molecule has 0 saturated carbocycles. The van der Waals surface area contributed by atoms with Crippen LogP contribution in [0.25, 0.3) is 5.57 Å². The van der Waals surface area contributed by atoms with Crippen LogP contribution in [0.5, 0.6) is 0 Å². The molecule has 0 unspecified atom stereocenters. The quantitative estimate of drug-likeness (QED) is 0.466. The van der Waals surface area contributed by atoms with Crippen LogP contribution in [0, 0.1) is 11.3 Å². The van der Waals surface area contributed by atoms with Gasteiger partial charge in [0.1, 0.15) is 11.6 Å². The molecule has 86 valence electrons. The van der Waals surface area contributed by atoms with Crippen molar-refractivity contribution in [3.8, 4) is 6.07 Å². The van der Waals surface area contributed by atoms with Crippen LogP contribution in [0.15, 0.2) is 38.8 Å². The number of hydrazine groups is 1. The summed E-state index contributed by atoms with van der Waals surface area (Å²) in [5.74, 6) is 11.1. The van der Waals surface area contributed by atoms with Crippen LogP contribution in [0.1, 0.15) is 11.1 Å². The van der Waals surface area contributed by atoms with Crippen LogP contribution in [-0.4, -0.2) is 5.01 Å². The molecule has 1 aliphatic rings. The van der Waals surface area contributed by atoms with Crippen molar-refractivity contribution in [1.29, 1.82) is 5.26 Å². The summed E-state index contributed by atoms with van der Waals surface area (Å²) in [6, 6.07) is 7.70. The summed E-state index contributed by atoms with van der Waals surface area (Å²) in [5.41, 5.74) is 2.13. The number of hydrogen-bond donors (Lipinski definition) is 2. The molecule has 0 aromatic heterocycles. The van der Waals surface area contributed by atoms with Gasteiger partial charge in [-0.3, -0.25) is 5.01 Å². The first-order valence-corrected chi connectivity index (χ1v) is 5.53. The number of nitrogens with two attached hydrogens (primary N) is 2. The lowest BCUT2D eigenvalue weighted by Crippen LogP contribution is -2.32. The maximum atomic E-state index is 9.18. The number of hydrogen-bond acceptors (Lipinski definition) is 5. The number of fused-ring (bicyclic) bond motifs is 1. The highest BCUT2D eigenvalue weighted by molar-refractivity contribution is 9.10. The first kappa shape index (κ1) is 11.6. The van der Waals surface area contributed by atoms with E-state index in [1.54, 1.807) is 0 Å². The fourth-order valence-electron chi connectivity index (χ4n) is 1.73. The number of rotatable bonds is 1. The normalized spacial score (nSPS) is 15.0. The van der Waals surface area contributed by atoms with E-state index in [0.29, 0.717) is 12.1 Å². The molecule has 0 saturated heterocycles. The van der Waals surface area contributed by atoms with E-state index in [0.717, 1.165) is 15.6 Å². The van der Waals surface area contributed by atoms with Gasteiger partial charge < -0.3 is 5.84 Å². The van der Waals surface area contributed by atoms with Crippen molar-refractivity contribution in [1.82, 2.24) is 5.01 Å². The Balaban J connectivity index is 2.66. The van der Waals surface area contributed by atoms with Crippen molar-refractivity contribution in [2.24, 2.45) is 22.0 Å². The monoisotopic (exact) mass is 292 g/mol. The van der Waals surface area contributed by atoms with Gasteiger partial charge in [0.2, 0.25) is 0 Å². The minimum Gasteiger partial charge on any atom is -0.305 e. The average Bonchev–Trinajstić information content (AvgIpc) is 2.30. The average molecular weight is 293 g/mol. The maximum Gasteiger partial charge on any atom is 0.185 e. The molecule has 0 aliphatic carbocycles. The molecule has 1 heterocycles. The van der Waals surface area contributed by atoms with Gasteiger partial charge in [-0.1, -0.05) is 27.2 Å². The van der Waals surface area contributed by atoms with Crippen molar-refractivity contribution in [3.63, 3.8) is 0 Å². The minimum absolute atomic E-state index is 0.282. The van der Waals surface area contributed by atoms with E-state index < -0.39 is 0 Å². The molecule has 0 fully saturated rings. The molecule has 17 heavy (non-hydrogen) atoms. The van der Waals surface area contributed by atoms with Gasteiger partial charge in [0.05, 0.1) is 6.54 Å².